The molecule has 14 heavy (non-hydrogen) atoms. The Labute approximate surface area is 84.3 Å². The topological polar surface area (TPSA) is 38.9 Å². The molecule has 2 unspecified atom stereocenters. The van der Waals surface area contributed by atoms with Crippen LogP contribution in [0.25, 0.3) is 0 Å². The molecule has 3 heteroatoms. The van der Waals surface area contributed by atoms with Gasteiger partial charge in [-0.25, -0.2) is 4.39 Å². The van der Waals surface area contributed by atoms with Crippen LogP contribution in [0, 0.1) is 11.7 Å². The van der Waals surface area contributed by atoms with Crippen LogP contribution in [0.2, 0.25) is 0 Å². The van der Waals surface area contributed by atoms with Crippen molar-refractivity contribution < 1.29 is 4.39 Å². The van der Waals surface area contributed by atoms with Gasteiger partial charge in [-0.2, -0.15) is 0 Å². The minimum Gasteiger partial charge on any atom is -0.324 e. The van der Waals surface area contributed by atoms with Crippen molar-refractivity contribution in [2.24, 2.45) is 11.7 Å². The van der Waals surface area contributed by atoms with Gasteiger partial charge in [0.1, 0.15) is 5.82 Å². The summed E-state index contributed by atoms with van der Waals surface area (Å²) >= 11 is 0. The third-order valence-corrected chi connectivity index (χ3v) is 2.52. The normalized spacial score (nSPS) is 15.1. The van der Waals surface area contributed by atoms with E-state index in [4.69, 9.17) is 5.73 Å². The molecule has 1 aromatic rings. The molecule has 1 aromatic heterocycles. The van der Waals surface area contributed by atoms with E-state index in [2.05, 4.69) is 11.9 Å². The van der Waals surface area contributed by atoms with E-state index < -0.39 is 0 Å². The lowest BCUT2D eigenvalue weighted by atomic mass is 9.92. The summed E-state index contributed by atoms with van der Waals surface area (Å²) in [5.41, 5.74) is 6.53. The van der Waals surface area contributed by atoms with Crippen LogP contribution in [0.5, 0.6) is 0 Å². The van der Waals surface area contributed by atoms with Gasteiger partial charge in [-0.15, -0.1) is 0 Å². The summed E-state index contributed by atoms with van der Waals surface area (Å²) in [4.78, 5) is 3.70. The standard InChI is InChI=1S/C11H17FN2/c1-3-4-8(2)11(13)9-5-6-14-7-10(9)12/h5-8,11H,3-4,13H2,1-2H3. The Morgan fingerprint density at radius 1 is 1.57 bits per heavy atom. The number of nitrogens with zero attached hydrogens (tertiary/aromatic N) is 1. The number of aromatic nitrogens is 1. The second-order valence-electron chi connectivity index (χ2n) is 3.69. The summed E-state index contributed by atoms with van der Waals surface area (Å²) < 4.78 is 13.3. The van der Waals surface area contributed by atoms with Crippen LogP contribution in [0.15, 0.2) is 18.5 Å². The molecule has 0 aromatic carbocycles. The first kappa shape index (κ1) is 11.1. The zero-order valence-electron chi connectivity index (χ0n) is 8.70. The van der Waals surface area contributed by atoms with E-state index in [0.717, 1.165) is 12.8 Å². The minimum absolute atomic E-state index is 0.224. The molecule has 1 heterocycles. The molecular formula is C11H17FN2. The second-order valence-corrected chi connectivity index (χ2v) is 3.69. The van der Waals surface area contributed by atoms with E-state index in [0.29, 0.717) is 11.5 Å². The number of rotatable bonds is 4. The molecule has 0 radical (unpaired) electrons. The van der Waals surface area contributed by atoms with Gasteiger partial charge in [-0.3, -0.25) is 4.98 Å². The molecule has 2 nitrogen and oxygen atoms in total. The number of hydrogen-bond acceptors (Lipinski definition) is 2. The monoisotopic (exact) mass is 196 g/mol. The SMILES string of the molecule is CCCC(C)C(N)c1ccncc1F. The van der Waals surface area contributed by atoms with Gasteiger partial charge < -0.3 is 5.73 Å². The fourth-order valence-electron chi connectivity index (χ4n) is 1.60. The zero-order chi connectivity index (χ0) is 10.6. The van der Waals surface area contributed by atoms with E-state index in [1.807, 2.05) is 6.92 Å². The molecule has 0 aliphatic heterocycles. The highest BCUT2D eigenvalue weighted by Gasteiger charge is 2.17. The molecule has 2 N–H and O–H groups in total. The van der Waals surface area contributed by atoms with Crippen molar-refractivity contribution in [3.8, 4) is 0 Å². The van der Waals surface area contributed by atoms with Gasteiger partial charge in [0.05, 0.1) is 6.20 Å². The summed E-state index contributed by atoms with van der Waals surface area (Å²) in [6.45, 7) is 4.15. The molecule has 0 saturated carbocycles. The van der Waals surface area contributed by atoms with Crippen molar-refractivity contribution >= 4 is 0 Å². The Kier molecular flexibility index (Phi) is 4.01. The quantitative estimate of drug-likeness (QED) is 0.804. The first-order chi connectivity index (χ1) is 6.66. The summed E-state index contributed by atoms with van der Waals surface area (Å²) in [5.74, 6) is -0.000136. The molecule has 0 saturated heterocycles. The van der Waals surface area contributed by atoms with E-state index in [9.17, 15) is 4.39 Å². The van der Waals surface area contributed by atoms with Crippen molar-refractivity contribution in [1.29, 1.82) is 0 Å². The summed E-state index contributed by atoms with van der Waals surface area (Å²) in [6, 6.07) is 1.43. The van der Waals surface area contributed by atoms with Crippen LogP contribution in [-0.4, -0.2) is 4.98 Å². The molecule has 2 atom stereocenters. The number of halogens is 1. The summed E-state index contributed by atoms with van der Waals surface area (Å²) in [7, 11) is 0. The lowest BCUT2D eigenvalue weighted by Crippen LogP contribution is -2.20. The molecule has 78 valence electrons. The Morgan fingerprint density at radius 2 is 2.29 bits per heavy atom. The van der Waals surface area contributed by atoms with Crippen LogP contribution in [0.4, 0.5) is 4.39 Å². The lowest BCUT2D eigenvalue weighted by Gasteiger charge is -2.19. The molecular weight excluding hydrogens is 179 g/mol. The highest BCUT2D eigenvalue weighted by atomic mass is 19.1. The molecule has 0 aliphatic rings. The Bertz CT molecular complexity index is 288. The average molecular weight is 196 g/mol. The van der Waals surface area contributed by atoms with E-state index in [1.165, 1.54) is 6.20 Å². The highest BCUT2D eigenvalue weighted by molar-refractivity contribution is 5.17. The van der Waals surface area contributed by atoms with Gasteiger partial charge in [0.15, 0.2) is 0 Å². The largest absolute Gasteiger partial charge is 0.324 e. The smallest absolute Gasteiger partial charge is 0.146 e. The highest BCUT2D eigenvalue weighted by Crippen LogP contribution is 2.24. The van der Waals surface area contributed by atoms with Crippen LogP contribution < -0.4 is 5.73 Å². The second kappa shape index (κ2) is 5.05. The predicted molar refractivity (Wildman–Crippen MR) is 55.2 cm³/mol. The molecule has 0 amide bonds. The van der Waals surface area contributed by atoms with Crippen LogP contribution in [0.1, 0.15) is 38.3 Å². The van der Waals surface area contributed by atoms with Crippen LogP contribution in [0.3, 0.4) is 0 Å². The van der Waals surface area contributed by atoms with Crippen LogP contribution >= 0.6 is 0 Å². The zero-order valence-corrected chi connectivity index (χ0v) is 8.70. The maximum absolute atomic E-state index is 13.3. The summed E-state index contributed by atoms with van der Waals surface area (Å²) in [5, 5.41) is 0. The molecule has 0 fully saturated rings. The molecule has 0 spiro atoms. The van der Waals surface area contributed by atoms with Gasteiger partial charge >= 0.3 is 0 Å². The Balaban J connectivity index is 2.78. The molecule has 0 aliphatic carbocycles. The minimum atomic E-state index is -0.303. The average Bonchev–Trinajstić information content (AvgIpc) is 2.18. The summed E-state index contributed by atoms with van der Waals surface area (Å²) in [6.07, 6.45) is 4.88. The van der Waals surface area contributed by atoms with Crippen molar-refractivity contribution in [2.75, 3.05) is 0 Å². The molecule has 0 bridgehead atoms. The van der Waals surface area contributed by atoms with Gasteiger partial charge in [0, 0.05) is 17.8 Å². The van der Waals surface area contributed by atoms with Crippen molar-refractivity contribution in [3.05, 3.63) is 29.8 Å². The number of hydrogen-bond donors (Lipinski definition) is 1. The Hall–Kier alpha value is -0.960. The Morgan fingerprint density at radius 3 is 2.86 bits per heavy atom. The number of nitrogens with two attached hydrogens (primary N) is 1. The van der Waals surface area contributed by atoms with E-state index >= 15 is 0 Å². The maximum atomic E-state index is 13.3. The lowest BCUT2D eigenvalue weighted by molar-refractivity contribution is 0.419. The van der Waals surface area contributed by atoms with Crippen molar-refractivity contribution in [1.82, 2.24) is 4.98 Å². The van der Waals surface area contributed by atoms with E-state index in [-0.39, 0.29) is 11.9 Å². The fraction of sp³-hybridized carbons (Fsp3) is 0.545. The van der Waals surface area contributed by atoms with Gasteiger partial charge in [0.25, 0.3) is 0 Å². The predicted octanol–water partition coefficient (Wildman–Crippen LogP) is 2.66. The fourth-order valence-corrected chi connectivity index (χ4v) is 1.60. The van der Waals surface area contributed by atoms with Gasteiger partial charge in [-0.1, -0.05) is 20.3 Å². The third kappa shape index (κ3) is 2.51. The van der Waals surface area contributed by atoms with Crippen molar-refractivity contribution in [2.45, 2.75) is 32.7 Å². The first-order valence-electron chi connectivity index (χ1n) is 5.01. The molecule has 1 rings (SSSR count). The van der Waals surface area contributed by atoms with Gasteiger partial charge in [-0.05, 0) is 18.4 Å². The third-order valence-electron chi connectivity index (χ3n) is 2.52. The maximum Gasteiger partial charge on any atom is 0.146 e. The van der Waals surface area contributed by atoms with Crippen LogP contribution in [-0.2, 0) is 0 Å². The first-order valence-corrected chi connectivity index (χ1v) is 5.01. The van der Waals surface area contributed by atoms with Gasteiger partial charge in [0.2, 0.25) is 0 Å². The number of pyridine rings is 1. The van der Waals surface area contributed by atoms with Crippen molar-refractivity contribution in [3.63, 3.8) is 0 Å². The van der Waals surface area contributed by atoms with E-state index in [1.54, 1.807) is 12.3 Å².